The molecule has 0 spiro atoms. The average molecular weight is 291 g/mol. The van der Waals surface area contributed by atoms with Gasteiger partial charge in [-0.1, -0.05) is 12.1 Å². The van der Waals surface area contributed by atoms with Gasteiger partial charge in [0.1, 0.15) is 5.75 Å². The van der Waals surface area contributed by atoms with E-state index in [1.165, 1.54) is 0 Å². The van der Waals surface area contributed by atoms with Crippen molar-refractivity contribution in [2.75, 3.05) is 26.3 Å². The number of nitrogens with zero attached hydrogens (tertiary/aromatic N) is 1. The van der Waals surface area contributed by atoms with E-state index in [-0.39, 0.29) is 19.1 Å². The predicted molar refractivity (Wildman–Crippen MR) is 82.4 cm³/mol. The van der Waals surface area contributed by atoms with Gasteiger partial charge in [-0.25, -0.2) is 0 Å². The van der Waals surface area contributed by atoms with E-state index in [0.717, 1.165) is 49.2 Å². The van der Waals surface area contributed by atoms with Crippen molar-refractivity contribution in [1.82, 2.24) is 4.90 Å². The van der Waals surface area contributed by atoms with E-state index in [9.17, 15) is 4.79 Å². The Labute approximate surface area is 126 Å². The number of amides is 1. The van der Waals surface area contributed by atoms with Crippen molar-refractivity contribution in [3.05, 3.63) is 29.3 Å². The lowest BCUT2D eigenvalue weighted by Gasteiger charge is -2.32. The first-order valence-electron chi connectivity index (χ1n) is 7.69. The maximum Gasteiger partial charge on any atom is 0.260 e. The highest BCUT2D eigenvalue weighted by molar-refractivity contribution is 5.77. The molecule has 1 saturated heterocycles. The minimum Gasteiger partial charge on any atom is -0.483 e. The summed E-state index contributed by atoms with van der Waals surface area (Å²) in [4.78, 5) is 14.1. The van der Waals surface area contributed by atoms with Gasteiger partial charge < -0.3 is 14.7 Å². The highest BCUT2D eigenvalue weighted by atomic mass is 16.5. The largest absolute Gasteiger partial charge is 0.483 e. The molecule has 1 aliphatic rings. The summed E-state index contributed by atoms with van der Waals surface area (Å²) in [5, 5.41) is 9.02. The molecule has 1 atom stereocenters. The molecule has 1 aromatic carbocycles. The number of hydrogen-bond donors (Lipinski definition) is 1. The monoisotopic (exact) mass is 291 g/mol. The second kappa shape index (κ2) is 7.46. The molecule has 2 rings (SSSR count). The highest BCUT2D eigenvalue weighted by Crippen LogP contribution is 2.21. The number of carbonyl (C=O) groups is 1. The lowest BCUT2D eigenvalue weighted by molar-refractivity contribution is -0.135. The molecule has 1 unspecified atom stereocenters. The third-order valence-electron chi connectivity index (χ3n) is 4.10. The van der Waals surface area contributed by atoms with Crippen molar-refractivity contribution >= 4 is 5.91 Å². The third-order valence-corrected chi connectivity index (χ3v) is 4.10. The molecule has 0 saturated carbocycles. The summed E-state index contributed by atoms with van der Waals surface area (Å²) >= 11 is 0. The number of carbonyl (C=O) groups excluding carboxylic acids is 1. The first-order chi connectivity index (χ1) is 10.1. The van der Waals surface area contributed by atoms with Crippen LogP contribution in [-0.2, 0) is 4.79 Å². The van der Waals surface area contributed by atoms with Gasteiger partial charge in [0.05, 0.1) is 0 Å². The summed E-state index contributed by atoms with van der Waals surface area (Å²) in [6, 6.07) is 6.01. The zero-order chi connectivity index (χ0) is 15.2. The van der Waals surface area contributed by atoms with Gasteiger partial charge in [0.15, 0.2) is 6.61 Å². The molecule has 116 valence electrons. The van der Waals surface area contributed by atoms with E-state index < -0.39 is 0 Å². The molecular weight excluding hydrogens is 266 g/mol. The van der Waals surface area contributed by atoms with E-state index in [0.29, 0.717) is 5.92 Å². The fraction of sp³-hybridized carbons (Fsp3) is 0.588. The number of aliphatic hydroxyl groups is 1. The molecule has 1 aromatic rings. The van der Waals surface area contributed by atoms with Crippen molar-refractivity contribution in [2.45, 2.75) is 33.1 Å². The van der Waals surface area contributed by atoms with Crippen molar-refractivity contribution in [3.63, 3.8) is 0 Å². The minimum absolute atomic E-state index is 0.0403. The molecule has 1 heterocycles. The van der Waals surface area contributed by atoms with Gasteiger partial charge in [-0.3, -0.25) is 4.79 Å². The Kier molecular flexibility index (Phi) is 5.62. The van der Waals surface area contributed by atoms with Gasteiger partial charge in [-0.15, -0.1) is 0 Å². The molecule has 1 aliphatic heterocycles. The summed E-state index contributed by atoms with van der Waals surface area (Å²) < 4.78 is 5.69. The van der Waals surface area contributed by atoms with Crippen LogP contribution in [0.4, 0.5) is 0 Å². The molecule has 0 aliphatic carbocycles. The van der Waals surface area contributed by atoms with E-state index >= 15 is 0 Å². The minimum atomic E-state index is 0.0403. The zero-order valence-electron chi connectivity index (χ0n) is 13.0. The molecule has 1 amide bonds. The van der Waals surface area contributed by atoms with Crippen molar-refractivity contribution in [2.24, 2.45) is 5.92 Å². The van der Waals surface area contributed by atoms with Crippen LogP contribution < -0.4 is 4.74 Å². The Morgan fingerprint density at radius 2 is 2.24 bits per heavy atom. The quantitative estimate of drug-likeness (QED) is 0.905. The molecule has 0 bridgehead atoms. The number of piperidine rings is 1. The Balaban J connectivity index is 1.88. The van der Waals surface area contributed by atoms with E-state index in [1.807, 2.05) is 36.9 Å². The lowest BCUT2D eigenvalue weighted by Crippen LogP contribution is -2.42. The fourth-order valence-electron chi connectivity index (χ4n) is 2.80. The number of likely N-dealkylation sites (tertiary alicyclic amines) is 1. The van der Waals surface area contributed by atoms with E-state index in [2.05, 4.69) is 0 Å². The van der Waals surface area contributed by atoms with Crippen LogP contribution in [0.25, 0.3) is 0 Å². The van der Waals surface area contributed by atoms with Crippen molar-refractivity contribution < 1.29 is 14.6 Å². The molecule has 1 fully saturated rings. The normalized spacial score (nSPS) is 18.6. The maximum absolute atomic E-state index is 12.3. The van der Waals surface area contributed by atoms with Crippen LogP contribution in [0.5, 0.6) is 5.75 Å². The summed E-state index contributed by atoms with van der Waals surface area (Å²) in [6.45, 7) is 5.84. The number of ether oxygens (including phenoxy) is 1. The van der Waals surface area contributed by atoms with E-state index in [4.69, 9.17) is 9.84 Å². The molecule has 1 N–H and O–H groups in total. The summed E-state index contributed by atoms with van der Waals surface area (Å²) in [5.74, 6) is 1.25. The fourth-order valence-corrected chi connectivity index (χ4v) is 2.80. The second-order valence-corrected chi connectivity index (χ2v) is 5.92. The van der Waals surface area contributed by atoms with E-state index in [1.54, 1.807) is 0 Å². The van der Waals surface area contributed by atoms with Crippen LogP contribution in [0.3, 0.4) is 0 Å². The van der Waals surface area contributed by atoms with Gasteiger partial charge in [0.2, 0.25) is 0 Å². The number of benzene rings is 1. The Bertz CT molecular complexity index is 485. The van der Waals surface area contributed by atoms with Gasteiger partial charge >= 0.3 is 0 Å². The Morgan fingerprint density at radius 1 is 1.43 bits per heavy atom. The van der Waals surface area contributed by atoms with Crippen LogP contribution in [0.2, 0.25) is 0 Å². The topological polar surface area (TPSA) is 49.8 Å². The van der Waals surface area contributed by atoms with Gasteiger partial charge in [-0.05, 0) is 56.2 Å². The highest BCUT2D eigenvalue weighted by Gasteiger charge is 2.23. The van der Waals surface area contributed by atoms with Crippen LogP contribution in [0, 0.1) is 19.8 Å². The maximum atomic E-state index is 12.3. The summed E-state index contributed by atoms with van der Waals surface area (Å²) in [5.41, 5.74) is 2.18. The summed E-state index contributed by atoms with van der Waals surface area (Å²) in [6.07, 6.45) is 2.89. The van der Waals surface area contributed by atoms with Crippen molar-refractivity contribution in [1.29, 1.82) is 0 Å². The smallest absolute Gasteiger partial charge is 0.260 e. The molecule has 21 heavy (non-hydrogen) atoms. The number of aryl methyl sites for hydroxylation is 2. The van der Waals surface area contributed by atoms with Crippen LogP contribution >= 0.6 is 0 Å². The first kappa shape index (κ1) is 15.8. The Morgan fingerprint density at radius 3 is 3.00 bits per heavy atom. The van der Waals surface area contributed by atoms with Crippen molar-refractivity contribution in [3.8, 4) is 5.75 Å². The molecule has 0 aromatic heterocycles. The number of aliphatic hydroxyl groups excluding tert-OH is 1. The molecular formula is C17H25NO3. The number of rotatable bonds is 5. The SMILES string of the molecule is Cc1ccc(C)c(OCC(=O)N2CCCC(CCO)C2)c1. The lowest BCUT2D eigenvalue weighted by atomic mass is 9.95. The standard InChI is InChI=1S/C17H25NO3/c1-13-5-6-14(2)16(10-13)21-12-17(20)18-8-3-4-15(11-18)7-9-19/h5-6,10,15,19H,3-4,7-9,11-12H2,1-2H3. The van der Waals surface area contributed by atoms with Crippen LogP contribution in [0.15, 0.2) is 18.2 Å². The molecule has 4 nitrogen and oxygen atoms in total. The summed E-state index contributed by atoms with van der Waals surface area (Å²) in [7, 11) is 0. The first-order valence-corrected chi connectivity index (χ1v) is 7.69. The van der Waals surface area contributed by atoms with Gasteiger partial charge in [0, 0.05) is 19.7 Å². The van der Waals surface area contributed by atoms with Gasteiger partial charge in [0.25, 0.3) is 5.91 Å². The molecule has 4 heteroatoms. The van der Waals surface area contributed by atoms with Crippen LogP contribution in [-0.4, -0.2) is 42.2 Å². The second-order valence-electron chi connectivity index (χ2n) is 5.92. The average Bonchev–Trinajstić information content (AvgIpc) is 2.48. The Hall–Kier alpha value is -1.55. The predicted octanol–water partition coefficient (Wildman–Crippen LogP) is 2.30. The third kappa shape index (κ3) is 4.46. The number of hydrogen-bond acceptors (Lipinski definition) is 3. The zero-order valence-corrected chi connectivity index (χ0v) is 13.0. The van der Waals surface area contributed by atoms with Gasteiger partial charge in [-0.2, -0.15) is 0 Å². The van der Waals surface area contributed by atoms with Crippen LogP contribution in [0.1, 0.15) is 30.4 Å². The molecule has 0 radical (unpaired) electrons.